The zero-order valence-corrected chi connectivity index (χ0v) is 16.4. The van der Waals surface area contributed by atoms with Crippen LogP contribution in [0.5, 0.6) is 11.5 Å². The first-order valence-electron chi connectivity index (χ1n) is 8.62. The number of rotatable bonds is 7. The number of anilines is 1. The molecule has 0 saturated carbocycles. The van der Waals surface area contributed by atoms with E-state index in [0.29, 0.717) is 30.0 Å². The van der Waals surface area contributed by atoms with Crippen molar-refractivity contribution in [3.8, 4) is 22.1 Å². The number of hydrogen-bond acceptors (Lipinski definition) is 5. The third kappa shape index (κ3) is 4.86. The lowest BCUT2D eigenvalue weighted by Gasteiger charge is -2.11. The maximum Gasteiger partial charge on any atom is 0.224 e. The Morgan fingerprint density at radius 2 is 2.00 bits per heavy atom. The second-order valence-electron chi connectivity index (χ2n) is 6.13. The minimum atomic E-state index is -0.0911. The van der Waals surface area contributed by atoms with Crippen LogP contribution < -0.4 is 14.8 Å². The summed E-state index contributed by atoms with van der Waals surface area (Å²) < 4.78 is 10.5. The monoisotopic (exact) mass is 382 g/mol. The predicted octanol–water partition coefficient (Wildman–Crippen LogP) is 4.71. The molecule has 3 rings (SSSR count). The van der Waals surface area contributed by atoms with Crippen molar-refractivity contribution in [1.82, 2.24) is 4.98 Å². The molecule has 27 heavy (non-hydrogen) atoms. The van der Waals surface area contributed by atoms with Crippen molar-refractivity contribution in [3.63, 3.8) is 0 Å². The number of aryl methyl sites for hydroxylation is 2. The second kappa shape index (κ2) is 8.68. The highest BCUT2D eigenvalue weighted by atomic mass is 32.1. The van der Waals surface area contributed by atoms with E-state index in [2.05, 4.69) is 35.4 Å². The number of benzene rings is 2. The highest BCUT2D eigenvalue weighted by Gasteiger charge is 2.11. The summed E-state index contributed by atoms with van der Waals surface area (Å²) >= 11 is 1.60. The van der Waals surface area contributed by atoms with Crippen LogP contribution in [0.3, 0.4) is 0 Å². The third-order valence-electron chi connectivity index (χ3n) is 4.11. The molecule has 3 aromatic rings. The van der Waals surface area contributed by atoms with Gasteiger partial charge in [-0.05, 0) is 31.5 Å². The zero-order valence-electron chi connectivity index (χ0n) is 15.6. The Kier molecular flexibility index (Phi) is 6.08. The number of thiazole rings is 1. The van der Waals surface area contributed by atoms with Gasteiger partial charge in [0, 0.05) is 23.4 Å². The molecule has 0 bridgehead atoms. The molecule has 1 heterocycles. The maximum absolute atomic E-state index is 12.3. The van der Waals surface area contributed by atoms with Gasteiger partial charge in [-0.3, -0.25) is 4.79 Å². The summed E-state index contributed by atoms with van der Waals surface area (Å²) in [6, 6.07) is 13.6. The molecule has 0 aliphatic rings. The fourth-order valence-electron chi connectivity index (χ4n) is 2.70. The fourth-order valence-corrected chi connectivity index (χ4v) is 3.55. The van der Waals surface area contributed by atoms with Gasteiger partial charge in [-0.1, -0.05) is 23.8 Å². The molecule has 5 nitrogen and oxygen atoms in total. The van der Waals surface area contributed by atoms with Crippen LogP contribution in [-0.4, -0.2) is 25.1 Å². The largest absolute Gasteiger partial charge is 0.497 e. The number of nitrogens with one attached hydrogen (secondary N) is 1. The number of carbonyl (C=O) groups excluding carboxylic acids is 1. The highest BCUT2D eigenvalue weighted by Crippen LogP contribution is 2.29. The van der Waals surface area contributed by atoms with Crippen molar-refractivity contribution in [3.05, 3.63) is 59.1 Å². The molecule has 0 fully saturated rings. The van der Waals surface area contributed by atoms with E-state index in [4.69, 9.17) is 9.47 Å². The molecule has 0 saturated heterocycles. The Hall–Kier alpha value is -2.86. The number of hydrogen-bond donors (Lipinski definition) is 1. The van der Waals surface area contributed by atoms with Crippen molar-refractivity contribution < 1.29 is 14.3 Å². The standard InChI is InChI=1S/C21H22N2O3S/c1-14-5-4-6-15(11-14)21-22-16(13-27-21)7-10-20(24)23-18-12-17(25-2)8-9-19(18)26-3/h4-6,8-9,11-13H,7,10H2,1-3H3,(H,23,24). The molecular weight excluding hydrogens is 360 g/mol. The van der Waals surface area contributed by atoms with Crippen molar-refractivity contribution in [2.24, 2.45) is 0 Å². The van der Waals surface area contributed by atoms with Gasteiger partial charge in [0.1, 0.15) is 16.5 Å². The average molecular weight is 382 g/mol. The summed E-state index contributed by atoms with van der Waals surface area (Å²) in [4.78, 5) is 17.0. The van der Waals surface area contributed by atoms with E-state index < -0.39 is 0 Å². The number of methoxy groups -OCH3 is 2. The van der Waals surface area contributed by atoms with Crippen molar-refractivity contribution >= 4 is 22.9 Å². The van der Waals surface area contributed by atoms with Gasteiger partial charge in [0.2, 0.25) is 5.91 Å². The van der Waals surface area contributed by atoms with Gasteiger partial charge in [0.05, 0.1) is 25.6 Å². The minimum Gasteiger partial charge on any atom is -0.497 e. The molecule has 2 aromatic carbocycles. The molecular formula is C21H22N2O3S. The van der Waals surface area contributed by atoms with E-state index in [0.717, 1.165) is 16.3 Å². The van der Waals surface area contributed by atoms with Gasteiger partial charge < -0.3 is 14.8 Å². The number of aromatic nitrogens is 1. The van der Waals surface area contributed by atoms with E-state index >= 15 is 0 Å². The summed E-state index contributed by atoms with van der Waals surface area (Å²) in [5.41, 5.74) is 3.83. The van der Waals surface area contributed by atoms with E-state index in [1.54, 1.807) is 43.8 Å². The van der Waals surface area contributed by atoms with Crippen molar-refractivity contribution in [2.45, 2.75) is 19.8 Å². The van der Waals surface area contributed by atoms with Crippen LogP contribution in [0.25, 0.3) is 10.6 Å². The SMILES string of the molecule is COc1ccc(OC)c(NC(=O)CCc2csc(-c3cccc(C)c3)n2)c1. The van der Waals surface area contributed by atoms with Crippen LogP contribution in [0.4, 0.5) is 5.69 Å². The Bertz CT molecular complexity index is 937. The quantitative estimate of drug-likeness (QED) is 0.643. The lowest BCUT2D eigenvalue weighted by molar-refractivity contribution is -0.116. The zero-order chi connectivity index (χ0) is 19.2. The minimum absolute atomic E-state index is 0.0911. The molecule has 1 aromatic heterocycles. The molecule has 0 unspecified atom stereocenters. The summed E-state index contributed by atoms with van der Waals surface area (Å²) in [6.45, 7) is 2.06. The Morgan fingerprint density at radius 3 is 2.74 bits per heavy atom. The Labute approximate surface area is 163 Å². The number of nitrogens with zero attached hydrogens (tertiary/aromatic N) is 1. The van der Waals surface area contributed by atoms with Gasteiger partial charge in [0.15, 0.2) is 0 Å². The molecule has 0 atom stereocenters. The fraction of sp³-hybridized carbons (Fsp3) is 0.238. The van der Waals surface area contributed by atoms with Crippen molar-refractivity contribution in [2.75, 3.05) is 19.5 Å². The maximum atomic E-state index is 12.3. The summed E-state index contributed by atoms with van der Waals surface area (Å²) in [5.74, 6) is 1.17. The molecule has 1 N–H and O–H groups in total. The van der Waals surface area contributed by atoms with Crippen LogP contribution in [0.1, 0.15) is 17.7 Å². The van der Waals surface area contributed by atoms with Crippen LogP contribution >= 0.6 is 11.3 Å². The third-order valence-corrected chi connectivity index (χ3v) is 5.05. The summed E-state index contributed by atoms with van der Waals surface area (Å²) in [6.07, 6.45) is 0.928. The van der Waals surface area contributed by atoms with E-state index in [9.17, 15) is 4.79 Å². The van der Waals surface area contributed by atoms with Gasteiger partial charge in [0.25, 0.3) is 0 Å². The van der Waals surface area contributed by atoms with E-state index in [1.165, 1.54) is 5.56 Å². The van der Waals surface area contributed by atoms with E-state index in [-0.39, 0.29) is 5.91 Å². The molecule has 140 valence electrons. The van der Waals surface area contributed by atoms with Crippen LogP contribution in [-0.2, 0) is 11.2 Å². The topological polar surface area (TPSA) is 60.5 Å². The molecule has 0 radical (unpaired) electrons. The Morgan fingerprint density at radius 1 is 1.15 bits per heavy atom. The van der Waals surface area contributed by atoms with Gasteiger partial charge in [-0.25, -0.2) is 4.98 Å². The first-order chi connectivity index (χ1) is 13.1. The van der Waals surface area contributed by atoms with E-state index in [1.807, 2.05) is 11.4 Å². The lowest BCUT2D eigenvalue weighted by atomic mass is 10.1. The second-order valence-corrected chi connectivity index (χ2v) is 6.99. The van der Waals surface area contributed by atoms with Crippen LogP contribution in [0, 0.1) is 6.92 Å². The van der Waals surface area contributed by atoms with Crippen LogP contribution in [0.15, 0.2) is 47.8 Å². The molecule has 0 aliphatic carbocycles. The average Bonchev–Trinajstić information content (AvgIpc) is 3.15. The summed E-state index contributed by atoms with van der Waals surface area (Å²) in [5, 5.41) is 5.87. The predicted molar refractivity (Wildman–Crippen MR) is 109 cm³/mol. The van der Waals surface area contributed by atoms with Gasteiger partial charge in [-0.2, -0.15) is 0 Å². The van der Waals surface area contributed by atoms with Crippen molar-refractivity contribution in [1.29, 1.82) is 0 Å². The van der Waals surface area contributed by atoms with Gasteiger partial charge in [-0.15, -0.1) is 11.3 Å². The molecule has 0 spiro atoms. The number of ether oxygens (including phenoxy) is 2. The first kappa shape index (κ1) is 18.9. The molecule has 0 aliphatic heterocycles. The molecule has 1 amide bonds. The van der Waals surface area contributed by atoms with Crippen LogP contribution in [0.2, 0.25) is 0 Å². The van der Waals surface area contributed by atoms with Gasteiger partial charge >= 0.3 is 0 Å². The Balaban J connectivity index is 1.62. The number of amides is 1. The lowest BCUT2D eigenvalue weighted by Crippen LogP contribution is -2.13. The first-order valence-corrected chi connectivity index (χ1v) is 9.50. The number of carbonyl (C=O) groups is 1. The summed E-state index contributed by atoms with van der Waals surface area (Å²) in [7, 11) is 3.15. The molecule has 6 heteroatoms. The highest BCUT2D eigenvalue weighted by molar-refractivity contribution is 7.13. The normalized spacial score (nSPS) is 10.5. The smallest absolute Gasteiger partial charge is 0.224 e.